The molecule has 0 aliphatic heterocycles. The Labute approximate surface area is 111 Å². The first-order valence-corrected chi connectivity index (χ1v) is 7.60. The summed E-state index contributed by atoms with van der Waals surface area (Å²) in [5, 5.41) is 2.45. The second-order valence-electron chi connectivity index (χ2n) is 4.15. The Morgan fingerprint density at radius 1 is 1.37 bits per heavy atom. The fourth-order valence-corrected chi connectivity index (χ4v) is 2.02. The lowest BCUT2D eigenvalue weighted by Gasteiger charge is -2.14. The van der Waals surface area contributed by atoms with E-state index in [1.165, 1.54) is 25.5 Å². The molecular formula is C11H15N3O4S. The summed E-state index contributed by atoms with van der Waals surface area (Å²) in [5.41, 5.74) is 0.0769. The highest BCUT2D eigenvalue weighted by Gasteiger charge is 2.20. The monoisotopic (exact) mass is 285 g/mol. The van der Waals surface area contributed by atoms with Gasteiger partial charge in [-0.05, 0) is 13.3 Å². The molecule has 0 saturated carbocycles. The minimum Gasteiger partial charge on any atom is -0.341 e. The van der Waals surface area contributed by atoms with Gasteiger partial charge < -0.3 is 5.32 Å². The van der Waals surface area contributed by atoms with E-state index in [0.717, 1.165) is 6.26 Å². The number of Topliss-reactive ketones (excluding diaryl/α,β-unsaturated/α-hetero) is 1. The predicted octanol–water partition coefficient (Wildman–Crippen LogP) is -0.401. The number of sulfone groups is 1. The SMILES string of the molecule is CC(=O)[C@@H](CCS(C)(=O)=O)NC(=O)c1cnccn1. The first-order valence-electron chi connectivity index (χ1n) is 5.54. The van der Waals surface area contributed by atoms with Crippen LogP contribution in [0.25, 0.3) is 0 Å². The van der Waals surface area contributed by atoms with Crippen LogP contribution in [-0.4, -0.2) is 48.1 Å². The minimum absolute atomic E-state index is 0.0418. The largest absolute Gasteiger partial charge is 0.341 e. The average molecular weight is 285 g/mol. The van der Waals surface area contributed by atoms with Crippen molar-refractivity contribution in [3.8, 4) is 0 Å². The van der Waals surface area contributed by atoms with E-state index >= 15 is 0 Å². The second-order valence-corrected chi connectivity index (χ2v) is 6.41. The van der Waals surface area contributed by atoms with Crippen LogP contribution in [-0.2, 0) is 14.6 Å². The van der Waals surface area contributed by atoms with Gasteiger partial charge in [0.2, 0.25) is 0 Å². The van der Waals surface area contributed by atoms with Crippen molar-refractivity contribution in [1.29, 1.82) is 0 Å². The van der Waals surface area contributed by atoms with E-state index in [-0.39, 0.29) is 23.7 Å². The Morgan fingerprint density at radius 2 is 2.05 bits per heavy atom. The molecular weight excluding hydrogens is 270 g/mol. The number of amides is 1. The van der Waals surface area contributed by atoms with E-state index in [2.05, 4.69) is 15.3 Å². The molecule has 19 heavy (non-hydrogen) atoms. The number of hydrogen-bond donors (Lipinski definition) is 1. The molecule has 0 radical (unpaired) electrons. The van der Waals surface area contributed by atoms with Crippen LogP contribution < -0.4 is 5.32 Å². The van der Waals surface area contributed by atoms with Gasteiger partial charge in [0.05, 0.1) is 18.0 Å². The lowest BCUT2D eigenvalue weighted by molar-refractivity contribution is -0.118. The van der Waals surface area contributed by atoms with Crippen molar-refractivity contribution in [3.05, 3.63) is 24.3 Å². The van der Waals surface area contributed by atoms with Gasteiger partial charge >= 0.3 is 0 Å². The van der Waals surface area contributed by atoms with Crippen LogP contribution in [0.15, 0.2) is 18.6 Å². The van der Waals surface area contributed by atoms with Gasteiger partial charge in [0, 0.05) is 18.6 Å². The van der Waals surface area contributed by atoms with Crippen LogP contribution in [0.3, 0.4) is 0 Å². The van der Waals surface area contributed by atoms with Gasteiger partial charge in [0.1, 0.15) is 15.5 Å². The summed E-state index contributed by atoms with van der Waals surface area (Å²) in [4.78, 5) is 30.7. The van der Waals surface area contributed by atoms with E-state index in [4.69, 9.17) is 0 Å². The van der Waals surface area contributed by atoms with Crippen molar-refractivity contribution in [3.63, 3.8) is 0 Å². The first kappa shape index (κ1) is 15.2. The van der Waals surface area contributed by atoms with Crippen molar-refractivity contribution in [2.24, 2.45) is 0 Å². The summed E-state index contributed by atoms with van der Waals surface area (Å²) in [7, 11) is -3.18. The maximum absolute atomic E-state index is 11.8. The Kier molecular flexibility index (Phi) is 5.11. The molecule has 0 bridgehead atoms. The third kappa shape index (κ3) is 5.56. The minimum atomic E-state index is -3.18. The van der Waals surface area contributed by atoms with E-state index in [1.54, 1.807) is 0 Å². The normalized spacial score (nSPS) is 12.7. The summed E-state index contributed by atoms with van der Waals surface area (Å²) in [6.45, 7) is 1.30. The third-order valence-corrected chi connectivity index (χ3v) is 3.35. The summed E-state index contributed by atoms with van der Waals surface area (Å²) in [5.74, 6) is -1.03. The van der Waals surface area contributed by atoms with Crippen LogP contribution >= 0.6 is 0 Å². The zero-order valence-corrected chi connectivity index (χ0v) is 11.5. The second kappa shape index (κ2) is 6.37. The quantitative estimate of drug-likeness (QED) is 0.762. The van der Waals surface area contributed by atoms with Crippen LogP contribution in [0, 0.1) is 0 Å². The van der Waals surface area contributed by atoms with Gasteiger partial charge in [-0.3, -0.25) is 14.6 Å². The molecule has 1 aromatic heterocycles. The maximum Gasteiger partial charge on any atom is 0.272 e. The summed E-state index contributed by atoms with van der Waals surface area (Å²) < 4.78 is 22.1. The van der Waals surface area contributed by atoms with Gasteiger partial charge in [-0.15, -0.1) is 0 Å². The molecule has 0 aromatic carbocycles. The molecule has 0 aliphatic rings. The highest BCUT2D eigenvalue weighted by atomic mass is 32.2. The fourth-order valence-electron chi connectivity index (χ4n) is 1.36. The van der Waals surface area contributed by atoms with Gasteiger partial charge in [0.15, 0.2) is 5.78 Å². The Balaban J connectivity index is 2.69. The number of nitrogens with one attached hydrogen (secondary N) is 1. The Bertz CT molecular complexity index is 557. The Hall–Kier alpha value is -1.83. The number of ketones is 1. The molecule has 1 aromatic rings. The van der Waals surface area contributed by atoms with Crippen LogP contribution in [0.5, 0.6) is 0 Å². The lowest BCUT2D eigenvalue weighted by Crippen LogP contribution is -2.41. The van der Waals surface area contributed by atoms with Crippen molar-refractivity contribution in [2.75, 3.05) is 12.0 Å². The summed E-state index contributed by atoms with van der Waals surface area (Å²) in [6, 6.07) is -0.843. The first-order chi connectivity index (χ1) is 8.79. The fraction of sp³-hybridized carbons (Fsp3) is 0.455. The van der Waals surface area contributed by atoms with Crippen molar-refractivity contribution >= 4 is 21.5 Å². The molecule has 104 valence electrons. The average Bonchev–Trinajstić information content (AvgIpc) is 2.33. The zero-order valence-electron chi connectivity index (χ0n) is 10.7. The number of aromatic nitrogens is 2. The lowest BCUT2D eigenvalue weighted by atomic mass is 10.1. The number of carbonyl (C=O) groups excluding carboxylic acids is 2. The zero-order chi connectivity index (χ0) is 14.5. The van der Waals surface area contributed by atoms with E-state index in [9.17, 15) is 18.0 Å². The maximum atomic E-state index is 11.8. The standard InChI is InChI=1S/C11H15N3O4S/c1-8(15)9(3-6-19(2,17)18)14-11(16)10-7-12-4-5-13-10/h4-5,7,9H,3,6H2,1-2H3,(H,14,16)/t9-/m1/s1. The molecule has 8 heteroatoms. The molecule has 1 atom stereocenters. The Morgan fingerprint density at radius 3 is 2.53 bits per heavy atom. The molecule has 1 rings (SSSR count). The smallest absolute Gasteiger partial charge is 0.272 e. The molecule has 7 nitrogen and oxygen atoms in total. The van der Waals surface area contributed by atoms with Crippen LogP contribution in [0.1, 0.15) is 23.8 Å². The highest BCUT2D eigenvalue weighted by Crippen LogP contribution is 2.00. The molecule has 0 aliphatic carbocycles. The molecule has 0 fully saturated rings. The third-order valence-electron chi connectivity index (χ3n) is 2.37. The van der Waals surface area contributed by atoms with Crippen molar-refractivity contribution in [2.45, 2.75) is 19.4 Å². The number of nitrogens with zero attached hydrogens (tertiary/aromatic N) is 2. The predicted molar refractivity (Wildman–Crippen MR) is 68.3 cm³/mol. The van der Waals surface area contributed by atoms with Gasteiger partial charge in [-0.2, -0.15) is 0 Å². The molecule has 0 spiro atoms. The highest BCUT2D eigenvalue weighted by molar-refractivity contribution is 7.90. The van der Waals surface area contributed by atoms with Crippen molar-refractivity contribution in [1.82, 2.24) is 15.3 Å². The topological polar surface area (TPSA) is 106 Å². The molecule has 1 N–H and O–H groups in total. The van der Waals surface area contributed by atoms with Crippen LogP contribution in [0.2, 0.25) is 0 Å². The van der Waals surface area contributed by atoms with E-state index in [0.29, 0.717) is 0 Å². The molecule has 1 amide bonds. The molecule has 0 unspecified atom stereocenters. The molecule has 1 heterocycles. The molecule has 0 saturated heterocycles. The number of rotatable bonds is 6. The van der Waals surface area contributed by atoms with E-state index in [1.807, 2.05) is 0 Å². The summed E-state index contributed by atoms with van der Waals surface area (Å²) >= 11 is 0. The van der Waals surface area contributed by atoms with Gasteiger partial charge in [0.25, 0.3) is 5.91 Å². The number of carbonyl (C=O) groups is 2. The number of hydrogen-bond acceptors (Lipinski definition) is 6. The van der Waals surface area contributed by atoms with E-state index < -0.39 is 21.8 Å². The van der Waals surface area contributed by atoms with Crippen LogP contribution in [0.4, 0.5) is 0 Å². The summed E-state index contributed by atoms with van der Waals surface area (Å²) in [6.07, 6.45) is 5.16. The van der Waals surface area contributed by atoms with Crippen molar-refractivity contribution < 1.29 is 18.0 Å². The van der Waals surface area contributed by atoms with Gasteiger partial charge in [-0.25, -0.2) is 13.4 Å². The van der Waals surface area contributed by atoms with Gasteiger partial charge in [-0.1, -0.05) is 0 Å².